The standard InChI is InChI=1S/C14H20F2N2O2S/c1-2-5-18(9-12-4-3-8-21-12)14(20)11-17(6-7-19)10-13(15)16/h2-4,8,13,19H,1,5-7,9-11H2. The third-order valence-corrected chi connectivity index (χ3v) is 3.66. The average molecular weight is 318 g/mol. The van der Waals surface area contributed by atoms with Crippen molar-refractivity contribution in [2.75, 3.05) is 32.8 Å². The number of carbonyl (C=O) groups excluding carboxylic acids is 1. The van der Waals surface area contributed by atoms with Crippen molar-refractivity contribution in [3.8, 4) is 0 Å². The lowest BCUT2D eigenvalue weighted by Crippen LogP contribution is -2.42. The first-order valence-electron chi connectivity index (χ1n) is 6.59. The number of hydrogen-bond acceptors (Lipinski definition) is 4. The van der Waals surface area contributed by atoms with Gasteiger partial charge in [-0.2, -0.15) is 0 Å². The smallest absolute Gasteiger partial charge is 0.251 e. The average Bonchev–Trinajstić information content (AvgIpc) is 2.90. The number of halogens is 2. The van der Waals surface area contributed by atoms with Crippen LogP contribution in [0.1, 0.15) is 4.88 Å². The Labute approximate surface area is 127 Å². The highest BCUT2D eigenvalue weighted by Gasteiger charge is 2.19. The van der Waals surface area contributed by atoms with Gasteiger partial charge in [-0.1, -0.05) is 12.1 Å². The number of thiophene rings is 1. The minimum absolute atomic E-state index is 0.0526. The van der Waals surface area contributed by atoms with Gasteiger partial charge in [0.1, 0.15) is 0 Å². The molecule has 0 saturated heterocycles. The molecule has 0 radical (unpaired) electrons. The fourth-order valence-electron chi connectivity index (χ4n) is 1.86. The lowest BCUT2D eigenvalue weighted by atomic mass is 10.3. The lowest BCUT2D eigenvalue weighted by molar-refractivity contribution is -0.133. The maximum Gasteiger partial charge on any atom is 0.251 e. The number of aliphatic hydroxyl groups excluding tert-OH is 1. The summed E-state index contributed by atoms with van der Waals surface area (Å²) in [4.78, 5) is 16.1. The zero-order valence-electron chi connectivity index (χ0n) is 11.8. The Morgan fingerprint density at radius 3 is 2.81 bits per heavy atom. The molecule has 0 saturated carbocycles. The van der Waals surface area contributed by atoms with Crippen LogP contribution in [0.4, 0.5) is 8.78 Å². The van der Waals surface area contributed by atoms with E-state index in [4.69, 9.17) is 5.11 Å². The van der Waals surface area contributed by atoms with Crippen molar-refractivity contribution in [2.45, 2.75) is 13.0 Å². The molecule has 0 spiro atoms. The van der Waals surface area contributed by atoms with Crippen molar-refractivity contribution in [3.05, 3.63) is 35.0 Å². The molecular formula is C14H20F2N2O2S. The van der Waals surface area contributed by atoms with Crippen LogP contribution in [0.3, 0.4) is 0 Å². The molecule has 1 rings (SSSR count). The minimum Gasteiger partial charge on any atom is -0.395 e. The van der Waals surface area contributed by atoms with E-state index in [1.165, 1.54) is 16.2 Å². The Hall–Kier alpha value is -1.31. The molecule has 0 fully saturated rings. The van der Waals surface area contributed by atoms with E-state index < -0.39 is 13.0 Å². The Morgan fingerprint density at radius 1 is 1.52 bits per heavy atom. The second kappa shape index (κ2) is 9.59. The number of carbonyl (C=O) groups is 1. The van der Waals surface area contributed by atoms with Crippen LogP contribution in [0.15, 0.2) is 30.2 Å². The predicted molar refractivity (Wildman–Crippen MR) is 79.5 cm³/mol. The molecule has 0 aliphatic heterocycles. The first-order valence-corrected chi connectivity index (χ1v) is 7.47. The monoisotopic (exact) mass is 318 g/mol. The van der Waals surface area contributed by atoms with Crippen LogP contribution < -0.4 is 0 Å². The quantitative estimate of drug-likeness (QED) is 0.669. The molecule has 118 valence electrons. The summed E-state index contributed by atoms with van der Waals surface area (Å²) in [6, 6.07) is 3.81. The summed E-state index contributed by atoms with van der Waals surface area (Å²) in [6.07, 6.45) is -0.927. The van der Waals surface area contributed by atoms with Crippen LogP contribution >= 0.6 is 11.3 Å². The largest absolute Gasteiger partial charge is 0.395 e. The van der Waals surface area contributed by atoms with E-state index in [1.54, 1.807) is 11.0 Å². The third kappa shape index (κ3) is 6.79. The van der Waals surface area contributed by atoms with Crippen LogP contribution in [0.2, 0.25) is 0 Å². The molecular weight excluding hydrogens is 298 g/mol. The Balaban J connectivity index is 2.63. The van der Waals surface area contributed by atoms with Gasteiger partial charge in [-0.25, -0.2) is 8.78 Å². The van der Waals surface area contributed by atoms with E-state index >= 15 is 0 Å². The summed E-state index contributed by atoms with van der Waals surface area (Å²) >= 11 is 1.53. The van der Waals surface area contributed by atoms with E-state index in [-0.39, 0.29) is 25.6 Å². The number of nitrogens with zero attached hydrogens (tertiary/aromatic N) is 2. The second-order valence-electron chi connectivity index (χ2n) is 4.49. The first kappa shape index (κ1) is 17.7. The van der Waals surface area contributed by atoms with E-state index in [2.05, 4.69) is 6.58 Å². The lowest BCUT2D eigenvalue weighted by Gasteiger charge is -2.26. The van der Waals surface area contributed by atoms with Crippen LogP contribution in [-0.2, 0) is 11.3 Å². The van der Waals surface area contributed by atoms with Gasteiger partial charge >= 0.3 is 0 Å². The summed E-state index contributed by atoms with van der Waals surface area (Å²) in [5, 5.41) is 10.8. The van der Waals surface area contributed by atoms with Crippen LogP contribution in [0.5, 0.6) is 0 Å². The van der Waals surface area contributed by atoms with Crippen molar-refractivity contribution < 1.29 is 18.7 Å². The Kier molecular flexibility index (Phi) is 8.11. The molecule has 0 aromatic carbocycles. The van der Waals surface area contributed by atoms with Crippen LogP contribution in [0.25, 0.3) is 0 Å². The maximum absolute atomic E-state index is 12.5. The van der Waals surface area contributed by atoms with Crippen molar-refractivity contribution in [2.24, 2.45) is 0 Å². The van der Waals surface area contributed by atoms with Gasteiger partial charge in [-0.15, -0.1) is 17.9 Å². The highest BCUT2D eigenvalue weighted by atomic mass is 32.1. The van der Waals surface area contributed by atoms with Crippen molar-refractivity contribution in [3.63, 3.8) is 0 Å². The first-order chi connectivity index (χ1) is 10.1. The summed E-state index contributed by atoms with van der Waals surface area (Å²) < 4.78 is 24.9. The molecule has 0 aliphatic rings. The zero-order valence-corrected chi connectivity index (χ0v) is 12.6. The molecule has 1 N–H and O–H groups in total. The molecule has 1 heterocycles. The normalized spacial score (nSPS) is 11.1. The predicted octanol–water partition coefficient (Wildman–Crippen LogP) is 1.82. The maximum atomic E-state index is 12.5. The van der Waals surface area contributed by atoms with Gasteiger partial charge in [-0.05, 0) is 11.4 Å². The molecule has 1 amide bonds. The summed E-state index contributed by atoms with van der Waals surface area (Å²) in [5.41, 5.74) is 0. The SMILES string of the molecule is C=CCN(Cc1cccs1)C(=O)CN(CCO)CC(F)F. The van der Waals surface area contributed by atoms with Gasteiger partial charge in [-0.3, -0.25) is 9.69 Å². The second-order valence-corrected chi connectivity index (χ2v) is 5.52. The highest BCUT2D eigenvalue weighted by molar-refractivity contribution is 7.09. The van der Waals surface area contributed by atoms with Gasteiger partial charge in [0.2, 0.25) is 5.91 Å². The molecule has 7 heteroatoms. The third-order valence-electron chi connectivity index (χ3n) is 2.80. The molecule has 0 unspecified atom stereocenters. The van der Waals surface area contributed by atoms with Crippen LogP contribution in [0, 0.1) is 0 Å². The van der Waals surface area contributed by atoms with Crippen LogP contribution in [-0.4, -0.2) is 60.0 Å². The molecule has 4 nitrogen and oxygen atoms in total. The summed E-state index contributed by atoms with van der Waals surface area (Å²) in [5.74, 6) is -0.252. The van der Waals surface area contributed by atoms with E-state index in [0.29, 0.717) is 13.1 Å². The Bertz CT molecular complexity index is 427. The van der Waals surface area contributed by atoms with Gasteiger partial charge in [0, 0.05) is 18.0 Å². The number of amides is 1. The molecule has 1 aromatic heterocycles. The minimum atomic E-state index is -2.53. The number of alkyl halides is 2. The van der Waals surface area contributed by atoms with Gasteiger partial charge < -0.3 is 10.0 Å². The topological polar surface area (TPSA) is 43.8 Å². The fourth-order valence-corrected chi connectivity index (χ4v) is 2.58. The molecule has 1 aromatic rings. The van der Waals surface area contributed by atoms with E-state index in [0.717, 1.165) is 4.88 Å². The van der Waals surface area contributed by atoms with Gasteiger partial charge in [0.05, 0.1) is 26.2 Å². The van der Waals surface area contributed by atoms with Crippen molar-refractivity contribution in [1.82, 2.24) is 9.80 Å². The number of rotatable bonds is 10. The number of hydrogen-bond donors (Lipinski definition) is 1. The molecule has 0 atom stereocenters. The van der Waals surface area contributed by atoms with Gasteiger partial charge in [0.25, 0.3) is 6.43 Å². The molecule has 0 aliphatic carbocycles. The molecule has 0 bridgehead atoms. The summed E-state index contributed by atoms with van der Waals surface area (Å²) in [6.45, 7) is 3.55. The van der Waals surface area contributed by atoms with Gasteiger partial charge in [0.15, 0.2) is 0 Å². The number of aliphatic hydroxyl groups is 1. The Morgan fingerprint density at radius 2 is 2.29 bits per heavy atom. The van der Waals surface area contributed by atoms with E-state index in [9.17, 15) is 13.6 Å². The molecule has 21 heavy (non-hydrogen) atoms. The zero-order chi connectivity index (χ0) is 15.7. The fraction of sp³-hybridized carbons (Fsp3) is 0.500. The highest BCUT2D eigenvalue weighted by Crippen LogP contribution is 2.12. The summed E-state index contributed by atoms with van der Waals surface area (Å²) in [7, 11) is 0. The van der Waals surface area contributed by atoms with Crippen molar-refractivity contribution >= 4 is 17.2 Å². The van der Waals surface area contributed by atoms with Crippen molar-refractivity contribution in [1.29, 1.82) is 0 Å². The van der Waals surface area contributed by atoms with E-state index in [1.807, 2.05) is 17.5 Å².